The second kappa shape index (κ2) is 5.64. The summed E-state index contributed by atoms with van der Waals surface area (Å²) in [6.45, 7) is 3.11. The predicted molar refractivity (Wildman–Crippen MR) is 62.2 cm³/mol. The number of rotatable bonds is 6. The zero-order valence-electron chi connectivity index (χ0n) is 10.1. The fraction of sp³-hybridized carbons (Fsp3) is 0.917. The standard InChI is InChI=1S/C12H22N2O2/c1-14(8-10-4-5-10)9-12(15)13-7-11-3-2-6-16-11/h10-11H,2-9H2,1H3,(H,13,15)/t11-/m1/s1. The van der Waals surface area contributed by atoms with E-state index in [1.807, 2.05) is 7.05 Å². The van der Waals surface area contributed by atoms with Crippen LogP contribution in [0.25, 0.3) is 0 Å². The van der Waals surface area contributed by atoms with Gasteiger partial charge in [0.1, 0.15) is 0 Å². The van der Waals surface area contributed by atoms with E-state index < -0.39 is 0 Å². The molecule has 0 aromatic rings. The van der Waals surface area contributed by atoms with Crippen LogP contribution in [0, 0.1) is 5.92 Å². The predicted octanol–water partition coefficient (Wildman–Crippen LogP) is 0.623. The van der Waals surface area contributed by atoms with Crippen molar-refractivity contribution >= 4 is 5.91 Å². The average Bonchev–Trinajstić information content (AvgIpc) is 2.89. The van der Waals surface area contributed by atoms with Crippen LogP contribution in [0.2, 0.25) is 0 Å². The third-order valence-electron chi connectivity index (χ3n) is 3.23. The molecule has 16 heavy (non-hydrogen) atoms. The van der Waals surface area contributed by atoms with Gasteiger partial charge < -0.3 is 10.1 Å². The normalized spacial score (nSPS) is 25.0. The molecule has 0 spiro atoms. The third kappa shape index (κ3) is 4.10. The molecule has 1 amide bonds. The van der Waals surface area contributed by atoms with Crippen LogP contribution in [0.1, 0.15) is 25.7 Å². The molecule has 0 unspecified atom stereocenters. The van der Waals surface area contributed by atoms with Crippen LogP contribution in [0.5, 0.6) is 0 Å². The van der Waals surface area contributed by atoms with E-state index in [9.17, 15) is 4.79 Å². The summed E-state index contributed by atoms with van der Waals surface area (Å²) in [5.74, 6) is 0.967. The first kappa shape index (κ1) is 11.9. The molecule has 1 N–H and O–H groups in total. The second-order valence-corrected chi connectivity index (χ2v) is 5.08. The molecule has 1 saturated heterocycles. The number of nitrogens with one attached hydrogen (secondary N) is 1. The molecule has 0 aromatic carbocycles. The first-order valence-electron chi connectivity index (χ1n) is 6.31. The lowest BCUT2D eigenvalue weighted by molar-refractivity contribution is -0.122. The van der Waals surface area contributed by atoms with Gasteiger partial charge in [0, 0.05) is 19.7 Å². The Hall–Kier alpha value is -0.610. The molecule has 2 aliphatic rings. The minimum absolute atomic E-state index is 0.124. The van der Waals surface area contributed by atoms with E-state index in [0.717, 1.165) is 31.9 Å². The van der Waals surface area contributed by atoms with E-state index in [1.54, 1.807) is 0 Å². The molecule has 4 heteroatoms. The molecule has 92 valence electrons. The van der Waals surface area contributed by atoms with Crippen molar-refractivity contribution in [2.75, 3.05) is 33.3 Å². The van der Waals surface area contributed by atoms with Gasteiger partial charge in [0.25, 0.3) is 0 Å². The fourth-order valence-corrected chi connectivity index (χ4v) is 2.14. The van der Waals surface area contributed by atoms with Crippen molar-refractivity contribution in [2.24, 2.45) is 5.92 Å². The molecule has 0 bridgehead atoms. The van der Waals surface area contributed by atoms with Gasteiger partial charge in [-0.3, -0.25) is 9.69 Å². The molecule has 1 aliphatic carbocycles. The van der Waals surface area contributed by atoms with E-state index in [4.69, 9.17) is 4.74 Å². The maximum Gasteiger partial charge on any atom is 0.234 e. The van der Waals surface area contributed by atoms with Gasteiger partial charge in [0.2, 0.25) is 5.91 Å². The molecule has 4 nitrogen and oxygen atoms in total. The Morgan fingerprint density at radius 2 is 2.25 bits per heavy atom. The molecule has 1 heterocycles. The van der Waals surface area contributed by atoms with Gasteiger partial charge in [-0.05, 0) is 38.6 Å². The third-order valence-corrected chi connectivity index (χ3v) is 3.23. The highest BCUT2D eigenvalue weighted by Gasteiger charge is 2.23. The van der Waals surface area contributed by atoms with Gasteiger partial charge in [-0.25, -0.2) is 0 Å². The first-order chi connectivity index (χ1) is 7.74. The van der Waals surface area contributed by atoms with E-state index in [-0.39, 0.29) is 12.0 Å². The lowest BCUT2D eigenvalue weighted by atomic mass is 10.2. The highest BCUT2D eigenvalue weighted by molar-refractivity contribution is 5.77. The van der Waals surface area contributed by atoms with Crippen LogP contribution < -0.4 is 5.32 Å². The minimum atomic E-state index is 0.124. The van der Waals surface area contributed by atoms with Crippen LogP contribution in [0.15, 0.2) is 0 Å². The fourth-order valence-electron chi connectivity index (χ4n) is 2.14. The molecule has 1 atom stereocenters. The maximum atomic E-state index is 11.6. The Labute approximate surface area is 97.3 Å². The lowest BCUT2D eigenvalue weighted by Gasteiger charge is -2.16. The summed E-state index contributed by atoms with van der Waals surface area (Å²) in [5, 5.41) is 2.94. The lowest BCUT2D eigenvalue weighted by Crippen LogP contribution is -2.39. The van der Waals surface area contributed by atoms with Crippen LogP contribution in [-0.2, 0) is 9.53 Å². The number of nitrogens with zero attached hydrogens (tertiary/aromatic N) is 1. The van der Waals surface area contributed by atoms with Crippen molar-refractivity contribution in [3.05, 3.63) is 0 Å². The van der Waals surface area contributed by atoms with Crippen LogP contribution in [0.3, 0.4) is 0 Å². The Morgan fingerprint density at radius 1 is 1.44 bits per heavy atom. The van der Waals surface area contributed by atoms with Crippen LogP contribution in [0.4, 0.5) is 0 Å². The minimum Gasteiger partial charge on any atom is -0.376 e. The quantitative estimate of drug-likeness (QED) is 0.722. The first-order valence-corrected chi connectivity index (χ1v) is 6.31. The van der Waals surface area contributed by atoms with Gasteiger partial charge in [-0.1, -0.05) is 0 Å². The highest BCUT2D eigenvalue weighted by Crippen LogP contribution is 2.29. The SMILES string of the molecule is CN(CC(=O)NC[C@H]1CCCO1)CC1CC1. The molecule has 1 aliphatic heterocycles. The zero-order chi connectivity index (χ0) is 11.4. The molecular weight excluding hydrogens is 204 g/mol. The molecule has 2 rings (SSSR count). The average molecular weight is 226 g/mol. The summed E-state index contributed by atoms with van der Waals surface area (Å²) in [6, 6.07) is 0. The van der Waals surface area contributed by atoms with Crippen molar-refractivity contribution < 1.29 is 9.53 Å². The van der Waals surface area contributed by atoms with Crippen molar-refractivity contribution in [3.63, 3.8) is 0 Å². The van der Waals surface area contributed by atoms with Crippen molar-refractivity contribution in [3.8, 4) is 0 Å². The van der Waals surface area contributed by atoms with E-state index in [0.29, 0.717) is 13.1 Å². The Kier molecular flexibility index (Phi) is 4.18. The Morgan fingerprint density at radius 3 is 2.88 bits per heavy atom. The van der Waals surface area contributed by atoms with Crippen LogP contribution >= 0.6 is 0 Å². The summed E-state index contributed by atoms with van der Waals surface area (Å²) in [7, 11) is 2.02. The largest absolute Gasteiger partial charge is 0.376 e. The Bertz CT molecular complexity index is 235. The zero-order valence-corrected chi connectivity index (χ0v) is 10.1. The van der Waals surface area contributed by atoms with Gasteiger partial charge in [-0.2, -0.15) is 0 Å². The van der Waals surface area contributed by atoms with E-state index >= 15 is 0 Å². The number of ether oxygens (including phenoxy) is 1. The number of hydrogen-bond acceptors (Lipinski definition) is 3. The molecule has 1 saturated carbocycles. The van der Waals surface area contributed by atoms with Crippen LogP contribution in [-0.4, -0.2) is 50.2 Å². The number of likely N-dealkylation sites (N-methyl/N-ethyl adjacent to an activating group) is 1. The van der Waals surface area contributed by atoms with Gasteiger partial charge >= 0.3 is 0 Å². The molecule has 0 aromatic heterocycles. The van der Waals surface area contributed by atoms with Gasteiger partial charge in [0.05, 0.1) is 12.6 Å². The van der Waals surface area contributed by atoms with E-state index in [1.165, 1.54) is 12.8 Å². The number of carbonyl (C=O) groups is 1. The topological polar surface area (TPSA) is 41.6 Å². The molecular formula is C12H22N2O2. The summed E-state index contributed by atoms with van der Waals surface area (Å²) in [6.07, 6.45) is 5.13. The summed E-state index contributed by atoms with van der Waals surface area (Å²) in [4.78, 5) is 13.7. The van der Waals surface area contributed by atoms with Crippen molar-refractivity contribution in [2.45, 2.75) is 31.8 Å². The summed E-state index contributed by atoms with van der Waals surface area (Å²) >= 11 is 0. The summed E-state index contributed by atoms with van der Waals surface area (Å²) < 4.78 is 5.45. The van der Waals surface area contributed by atoms with Crippen molar-refractivity contribution in [1.82, 2.24) is 10.2 Å². The number of amides is 1. The molecule has 0 radical (unpaired) electrons. The van der Waals surface area contributed by atoms with Gasteiger partial charge in [-0.15, -0.1) is 0 Å². The summed E-state index contributed by atoms with van der Waals surface area (Å²) in [5.41, 5.74) is 0. The smallest absolute Gasteiger partial charge is 0.234 e. The Balaban J connectivity index is 1.55. The highest BCUT2D eigenvalue weighted by atomic mass is 16.5. The van der Waals surface area contributed by atoms with E-state index in [2.05, 4.69) is 10.2 Å². The molecule has 2 fully saturated rings. The van der Waals surface area contributed by atoms with Gasteiger partial charge in [0.15, 0.2) is 0 Å². The monoisotopic (exact) mass is 226 g/mol. The van der Waals surface area contributed by atoms with Crippen molar-refractivity contribution in [1.29, 1.82) is 0 Å². The maximum absolute atomic E-state index is 11.6. The number of carbonyl (C=O) groups excluding carboxylic acids is 1. The number of hydrogen-bond donors (Lipinski definition) is 1. The second-order valence-electron chi connectivity index (χ2n) is 5.08.